The van der Waals surface area contributed by atoms with Crippen LogP contribution in [0.15, 0.2) is 59.4 Å². The van der Waals surface area contributed by atoms with Crippen molar-refractivity contribution in [1.82, 2.24) is 4.98 Å². The van der Waals surface area contributed by atoms with Crippen molar-refractivity contribution < 1.29 is 13.2 Å². The van der Waals surface area contributed by atoms with Crippen molar-refractivity contribution in [2.24, 2.45) is 0 Å². The predicted octanol–water partition coefficient (Wildman–Crippen LogP) is 4.21. The van der Waals surface area contributed by atoms with Crippen molar-refractivity contribution in [3.05, 3.63) is 70.4 Å². The molecule has 1 N–H and O–H groups in total. The number of nitrogens with one attached hydrogen (secondary N) is 1. The Balaban J connectivity index is 2.10. The summed E-state index contributed by atoms with van der Waals surface area (Å²) in [7, 11) is 0. The van der Waals surface area contributed by atoms with E-state index >= 15 is 0 Å². The zero-order valence-corrected chi connectivity index (χ0v) is 10.7. The fraction of sp³-hybridized carbons (Fsp3) is 0.0625. The van der Waals surface area contributed by atoms with E-state index in [-0.39, 0.29) is 5.43 Å². The summed E-state index contributed by atoms with van der Waals surface area (Å²) in [4.78, 5) is 15.1. The smallest absolute Gasteiger partial charge is 0.354 e. The molecule has 0 radical (unpaired) electrons. The lowest BCUT2D eigenvalue weighted by atomic mass is 10.1. The summed E-state index contributed by atoms with van der Waals surface area (Å²) >= 11 is 0. The molecule has 0 fully saturated rings. The molecule has 0 bridgehead atoms. The molecule has 0 amide bonds. The number of halogens is 3. The van der Waals surface area contributed by atoms with Crippen LogP contribution in [-0.4, -0.2) is 4.98 Å². The van der Waals surface area contributed by atoms with Gasteiger partial charge in [-0.1, -0.05) is 24.3 Å². The second-order valence-electron chi connectivity index (χ2n) is 4.67. The number of H-pyrrole nitrogens is 1. The van der Waals surface area contributed by atoms with Crippen LogP contribution >= 0.6 is 0 Å². The first-order chi connectivity index (χ1) is 9.95. The van der Waals surface area contributed by atoms with Gasteiger partial charge in [0.1, 0.15) is 0 Å². The molecule has 0 spiro atoms. The highest BCUT2D eigenvalue weighted by Gasteiger charge is 2.29. The molecular weight excluding hydrogens is 279 g/mol. The van der Waals surface area contributed by atoms with Crippen LogP contribution in [0, 0.1) is 0 Å². The molecule has 0 aliphatic rings. The Morgan fingerprint density at radius 2 is 1.57 bits per heavy atom. The number of benzene rings is 2. The van der Waals surface area contributed by atoms with Gasteiger partial charge in [-0.3, -0.25) is 4.79 Å². The lowest BCUT2D eigenvalue weighted by molar-refractivity contribution is -0.137. The monoisotopic (exact) mass is 289 g/mol. The van der Waals surface area contributed by atoms with Crippen molar-refractivity contribution in [3.8, 4) is 11.3 Å². The van der Waals surface area contributed by atoms with Gasteiger partial charge in [-0.25, -0.2) is 0 Å². The topological polar surface area (TPSA) is 32.9 Å². The lowest BCUT2D eigenvalue weighted by Gasteiger charge is -2.08. The quantitative estimate of drug-likeness (QED) is 0.715. The van der Waals surface area contributed by atoms with Crippen LogP contribution < -0.4 is 5.43 Å². The summed E-state index contributed by atoms with van der Waals surface area (Å²) in [5.41, 5.74) is 0.798. The van der Waals surface area contributed by atoms with Gasteiger partial charge in [0.15, 0.2) is 5.43 Å². The highest BCUT2D eigenvalue weighted by molar-refractivity contribution is 5.81. The number of alkyl halides is 3. The largest absolute Gasteiger partial charge is 0.416 e. The summed E-state index contributed by atoms with van der Waals surface area (Å²) in [6.07, 6.45) is -4.37. The van der Waals surface area contributed by atoms with Crippen LogP contribution in [0.2, 0.25) is 0 Å². The van der Waals surface area contributed by atoms with Crippen molar-refractivity contribution in [2.45, 2.75) is 6.18 Å². The maximum atomic E-state index is 12.5. The van der Waals surface area contributed by atoms with Gasteiger partial charge in [0.05, 0.1) is 5.56 Å². The third kappa shape index (κ3) is 2.54. The van der Waals surface area contributed by atoms with Crippen LogP contribution in [0.4, 0.5) is 13.2 Å². The number of hydrogen-bond donors (Lipinski definition) is 1. The minimum atomic E-state index is -4.37. The van der Waals surface area contributed by atoms with Gasteiger partial charge in [-0.15, -0.1) is 0 Å². The van der Waals surface area contributed by atoms with E-state index in [2.05, 4.69) is 4.98 Å². The Morgan fingerprint density at radius 1 is 0.905 bits per heavy atom. The molecular formula is C16H10F3NO. The number of aromatic nitrogens is 1. The van der Waals surface area contributed by atoms with E-state index in [0.29, 0.717) is 22.2 Å². The highest BCUT2D eigenvalue weighted by atomic mass is 19.4. The average molecular weight is 289 g/mol. The van der Waals surface area contributed by atoms with Gasteiger partial charge in [0.2, 0.25) is 0 Å². The fourth-order valence-electron chi connectivity index (χ4n) is 2.19. The fourth-order valence-corrected chi connectivity index (χ4v) is 2.19. The Bertz CT molecular complexity index is 848. The van der Waals surface area contributed by atoms with Crippen molar-refractivity contribution in [3.63, 3.8) is 0 Å². The standard InChI is InChI=1S/C16H10F3NO/c17-16(18,19)11-7-5-10(6-8-11)14-9-15(21)12-3-1-2-4-13(12)20-14/h1-9H,(H,20,21). The Morgan fingerprint density at radius 3 is 2.24 bits per heavy atom. The molecule has 3 aromatic rings. The van der Waals surface area contributed by atoms with Crippen LogP contribution in [0.25, 0.3) is 22.2 Å². The third-order valence-electron chi connectivity index (χ3n) is 3.26. The molecule has 0 aliphatic carbocycles. The molecule has 21 heavy (non-hydrogen) atoms. The maximum absolute atomic E-state index is 12.5. The number of hydrogen-bond acceptors (Lipinski definition) is 1. The number of fused-ring (bicyclic) bond motifs is 1. The summed E-state index contributed by atoms with van der Waals surface area (Å²) in [5, 5.41) is 0.549. The second kappa shape index (κ2) is 4.77. The Hall–Kier alpha value is -2.56. The summed E-state index contributed by atoms with van der Waals surface area (Å²) in [6.45, 7) is 0. The van der Waals surface area contributed by atoms with Crippen LogP contribution in [0.1, 0.15) is 5.56 Å². The first kappa shape index (κ1) is 13.4. The molecule has 0 saturated heterocycles. The van der Waals surface area contributed by atoms with Crippen molar-refractivity contribution in [1.29, 1.82) is 0 Å². The molecule has 106 valence electrons. The first-order valence-corrected chi connectivity index (χ1v) is 6.25. The summed E-state index contributed by atoms with van der Waals surface area (Å²) in [6, 6.07) is 13.1. The molecule has 0 saturated carbocycles. The predicted molar refractivity (Wildman–Crippen MR) is 75.0 cm³/mol. The van der Waals surface area contributed by atoms with Crippen LogP contribution in [-0.2, 0) is 6.18 Å². The van der Waals surface area contributed by atoms with E-state index in [1.807, 2.05) is 0 Å². The summed E-state index contributed by atoms with van der Waals surface area (Å²) < 4.78 is 37.6. The van der Waals surface area contributed by atoms with Gasteiger partial charge in [-0.05, 0) is 29.8 Å². The van der Waals surface area contributed by atoms with Crippen LogP contribution in [0.5, 0.6) is 0 Å². The van der Waals surface area contributed by atoms with E-state index in [1.54, 1.807) is 24.3 Å². The Kier molecular flexibility index (Phi) is 3.05. The third-order valence-corrected chi connectivity index (χ3v) is 3.26. The minimum absolute atomic E-state index is 0.167. The van der Waals surface area contributed by atoms with Crippen LogP contribution in [0.3, 0.4) is 0 Å². The number of rotatable bonds is 1. The zero-order chi connectivity index (χ0) is 15.0. The molecule has 1 heterocycles. The molecule has 5 heteroatoms. The van der Waals surface area contributed by atoms with Gasteiger partial charge in [-0.2, -0.15) is 13.2 Å². The zero-order valence-electron chi connectivity index (χ0n) is 10.7. The molecule has 3 rings (SSSR count). The maximum Gasteiger partial charge on any atom is 0.416 e. The summed E-state index contributed by atoms with van der Waals surface area (Å²) in [5.74, 6) is 0. The minimum Gasteiger partial charge on any atom is -0.354 e. The average Bonchev–Trinajstić information content (AvgIpc) is 2.46. The SMILES string of the molecule is O=c1cc(-c2ccc(C(F)(F)F)cc2)[nH]c2ccccc12. The Labute approximate surface area is 117 Å². The number of pyridine rings is 1. The number of para-hydroxylation sites is 1. The van der Waals surface area contributed by atoms with E-state index in [9.17, 15) is 18.0 Å². The van der Waals surface area contributed by atoms with Gasteiger partial charge < -0.3 is 4.98 Å². The normalized spacial score (nSPS) is 11.8. The van der Waals surface area contributed by atoms with Crippen molar-refractivity contribution >= 4 is 10.9 Å². The van der Waals surface area contributed by atoms with E-state index in [4.69, 9.17) is 0 Å². The van der Waals surface area contributed by atoms with Gasteiger partial charge in [0.25, 0.3) is 0 Å². The van der Waals surface area contributed by atoms with Crippen molar-refractivity contribution in [2.75, 3.05) is 0 Å². The van der Waals surface area contributed by atoms with Gasteiger partial charge >= 0.3 is 6.18 Å². The van der Waals surface area contributed by atoms with Gasteiger partial charge in [0, 0.05) is 22.7 Å². The van der Waals surface area contributed by atoms with E-state index in [0.717, 1.165) is 12.1 Å². The lowest BCUT2D eigenvalue weighted by Crippen LogP contribution is -2.05. The molecule has 1 aromatic heterocycles. The molecule has 2 nitrogen and oxygen atoms in total. The molecule has 0 atom stereocenters. The second-order valence-corrected chi connectivity index (χ2v) is 4.67. The first-order valence-electron chi connectivity index (χ1n) is 6.25. The van der Waals surface area contributed by atoms with E-state index < -0.39 is 11.7 Å². The van der Waals surface area contributed by atoms with E-state index in [1.165, 1.54) is 18.2 Å². The molecule has 0 aliphatic heterocycles. The molecule has 2 aromatic carbocycles. The number of aromatic amines is 1. The highest BCUT2D eigenvalue weighted by Crippen LogP contribution is 2.30. The molecule has 0 unspecified atom stereocenters.